The van der Waals surface area contributed by atoms with Crippen molar-refractivity contribution in [3.8, 4) is 5.75 Å². The zero-order valence-electron chi connectivity index (χ0n) is 15.3. The second kappa shape index (κ2) is 7.92. The van der Waals surface area contributed by atoms with E-state index in [1.54, 1.807) is 11.8 Å². The van der Waals surface area contributed by atoms with Crippen molar-refractivity contribution in [3.05, 3.63) is 23.9 Å². The monoisotopic (exact) mass is 373 g/mol. The van der Waals surface area contributed by atoms with Gasteiger partial charge < -0.3 is 20.1 Å². The number of thioether (sulfide) groups is 1. The van der Waals surface area contributed by atoms with Gasteiger partial charge in [0.15, 0.2) is 0 Å². The van der Waals surface area contributed by atoms with E-state index in [-0.39, 0.29) is 12.6 Å². The number of nitrogens with zero attached hydrogens (tertiary/aromatic N) is 1. The maximum Gasteiger partial charge on any atom is 0.122 e. The molecule has 0 saturated heterocycles. The number of hydrogen-bond donors (Lipinski definition) is 3. The number of aromatic nitrogens is 1. The SMILES string of the molecule is CCOc1cc(NC2CCCC2)c2[nH]c(C3=N[C@@H](CCO)CS3)cc2c1. The number of anilines is 1. The van der Waals surface area contributed by atoms with Gasteiger partial charge in [-0.15, -0.1) is 11.8 Å². The molecule has 1 fully saturated rings. The van der Waals surface area contributed by atoms with Crippen molar-refractivity contribution in [1.29, 1.82) is 0 Å². The lowest BCUT2D eigenvalue weighted by molar-refractivity contribution is 0.280. The van der Waals surface area contributed by atoms with Gasteiger partial charge in [-0.25, -0.2) is 0 Å². The van der Waals surface area contributed by atoms with Crippen LogP contribution in [0.5, 0.6) is 5.75 Å². The van der Waals surface area contributed by atoms with Crippen LogP contribution in [0.15, 0.2) is 23.2 Å². The van der Waals surface area contributed by atoms with Gasteiger partial charge in [0.2, 0.25) is 0 Å². The second-order valence-corrected chi connectivity index (χ2v) is 8.10. The number of aliphatic hydroxyl groups excluding tert-OH is 1. The summed E-state index contributed by atoms with van der Waals surface area (Å²) in [7, 11) is 0. The van der Waals surface area contributed by atoms with Gasteiger partial charge in [0, 0.05) is 29.9 Å². The molecule has 140 valence electrons. The summed E-state index contributed by atoms with van der Waals surface area (Å²) in [6, 6.07) is 7.16. The van der Waals surface area contributed by atoms with Gasteiger partial charge in [0.25, 0.3) is 0 Å². The smallest absolute Gasteiger partial charge is 0.122 e. The molecule has 5 nitrogen and oxygen atoms in total. The Bertz CT molecular complexity index is 796. The van der Waals surface area contributed by atoms with Crippen molar-refractivity contribution < 1.29 is 9.84 Å². The van der Waals surface area contributed by atoms with E-state index in [1.165, 1.54) is 25.7 Å². The molecule has 1 aromatic carbocycles. The van der Waals surface area contributed by atoms with E-state index in [9.17, 15) is 0 Å². The summed E-state index contributed by atoms with van der Waals surface area (Å²) >= 11 is 1.77. The lowest BCUT2D eigenvalue weighted by Gasteiger charge is -2.15. The first kappa shape index (κ1) is 17.7. The lowest BCUT2D eigenvalue weighted by Crippen LogP contribution is -2.14. The molecule has 0 bridgehead atoms. The molecule has 1 aliphatic heterocycles. The molecule has 0 unspecified atom stereocenters. The quantitative estimate of drug-likeness (QED) is 0.681. The largest absolute Gasteiger partial charge is 0.494 e. The van der Waals surface area contributed by atoms with Crippen LogP contribution in [-0.2, 0) is 0 Å². The molecule has 1 aliphatic carbocycles. The van der Waals surface area contributed by atoms with Crippen molar-refractivity contribution >= 4 is 33.4 Å². The standard InChI is InChI=1S/C20H27N3O2S/c1-2-25-16-9-13-10-18(20-22-15(7-8-24)12-26-20)23-19(13)17(11-16)21-14-5-3-4-6-14/h9-11,14-15,21,23-24H,2-8,12H2,1H3/t15-/m0/s1. The molecule has 26 heavy (non-hydrogen) atoms. The minimum Gasteiger partial charge on any atom is -0.494 e. The lowest BCUT2D eigenvalue weighted by atomic mass is 10.1. The molecule has 2 aliphatic rings. The van der Waals surface area contributed by atoms with Gasteiger partial charge in [0.1, 0.15) is 10.8 Å². The number of hydrogen-bond acceptors (Lipinski definition) is 5. The Balaban J connectivity index is 1.67. The zero-order valence-corrected chi connectivity index (χ0v) is 16.1. The maximum atomic E-state index is 9.14. The summed E-state index contributed by atoms with van der Waals surface area (Å²) in [4.78, 5) is 8.35. The van der Waals surface area contributed by atoms with Gasteiger partial charge in [0.05, 0.1) is 29.5 Å². The first-order chi connectivity index (χ1) is 12.8. The van der Waals surface area contributed by atoms with Crippen molar-refractivity contribution in [3.63, 3.8) is 0 Å². The minimum absolute atomic E-state index is 0.196. The molecular formula is C20H27N3O2S. The topological polar surface area (TPSA) is 69.6 Å². The highest BCUT2D eigenvalue weighted by atomic mass is 32.2. The highest BCUT2D eigenvalue weighted by Crippen LogP contribution is 2.34. The number of aliphatic imine (C=N–C) groups is 1. The number of aliphatic hydroxyl groups is 1. The summed E-state index contributed by atoms with van der Waals surface area (Å²) in [5.74, 6) is 1.85. The van der Waals surface area contributed by atoms with Gasteiger partial charge in [-0.1, -0.05) is 12.8 Å². The number of H-pyrrole nitrogens is 1. The fraction of sp³-hybridized carbons (Fsp3) is 0.550. The third-order valence-corrected chi connectivity index (χ3v) is 6.28. The first-order valence-electron chi connectivity index (χ1n) is 9.64. The first-order valence-corrected chi connectivity index (χ1v) is 10.6. The molecule has 0 spiro atoms. The van der Waals surface area contributed by atoms with Crippen LogP contribution >= 0.6 is 11.8 Å². The molecule has 1 atom stereocenters. The number of aromatic amines is 1. The van der Waals surface area contributed by atoms with E-state index in [0.717, 1.165) is 45.3 Å². The Hall–Kier alpha value is -1.66. The fourth-order valence-electron chi connectivity index (χ4n) is 3.85. The predicted octanol–water partition coefficient (Wildman–Crippen LogP) is 4.17. The van der Waals surface area contributed by atoms with E-state index in [0.29, 0.717) is 12.6 Å². The van der Waals surface area contributed by atoms with E-state index in [1.807, 2.05) is 6.92 Å². The van der Waals surface area contributed by atoms with Crippen LogP contribution in [0.3, 0.4) is 0 Å². The maximum absolute atomic E-state index is 9.14. The molecule has 0 amide bonds. The van der Waals surface area contributed by atoms with Crippen molar-refractivity contribution in [2.75, 3.05) is 24.3 Å². The molecule has 1 aromatic heterocycles. The Labute approximate surface area is 158 Å². The van der Waals surface area contributed by atoms with E-state index >= 15 is 0 Å². The van der Waals surface area contributed by atoms with Gasteiger partial charge in [-0.3, -0.25) is 4.99 Å². The summed E-state index contributed by atoms with van der Waals surface area (Å²) in [5.41, 5.74) is 3.32. The Morgan fingerprint density at radius 3 is 2.92 bits per heavy atom. The molecule has 6 heteroatoms. The van der Waals surface area contributed by atoms with Gasteiger partial charge in [-0.2, -0.15) is 0 Å². The minimum atomic E-state index is 0.196. The Morgan fingerprint density at radius 2 is 2.15 bits per heavy atom. The molecule has 0 radical (unpaired) electrons. The summed E-state index contributed by atoms with van der Waals surface area (Å²) in [6.45, 7) is 2.88. The number of fused-ring (bicyclic) bond motifs is 1. The summed E-state index contributed by atoms with van der Waals surface area (Å²) in [6.07, 6.45) is 5.82. The molecule has 2 heterocycles. The zero-order chi connectivity index (χ0) is 17.9. The van der Waals surface area contributed by atoms with Crippen LogP contribution in [0, 0.1) is 0 Å². The van der Waals surface area contributed by atoms with Crippen LogP contribution in [0.2, 0.25) is 0 Å². The van der Waals surface area contributed by atoms with Crippen LogP contribution in [0.1, 0.15) is 44.7 Å². The summed E-state index contributed by atoms with van der Waals surface area (Å²) < 4.78 is 5.79. The highest BCUT2D eigenvalue weighted by Gasteiger charge is 2.22. The predicted molar refractivity (Wildman–Crippen MR) is 110 cm³/mol. The van der Waals surface area contributed by atoms with E-state index in [2.05, 4.69) is 28.5 Å². The second-order valence-electron chi connectivity index (χ2n) is 7.09. The molecule has 2 aromatic rings. The van der Waals surface area contributed by atoms with Crippen molar-refractivity contribution in [2.45, 2.75) is 51.1 Å². The van der Waals surface area contributed by atoms with E-state index < -0.39 is 0 Å². The van der Waals surface area contributed by atoms with Crippen LogP contribution in [-0.4, -0.2) is 46.2 Å². The number of benzene rings is 1. The Kier molecular flexibility index (Phi) is 5.41. The number of rotatable bonds is 7. The molecular weight excluding hydrogens is 346 g/mol. The third kappa shape index (κ3) is 3.71. The molecule has 4 rings (SSSR count). The van der Waals surface area contributed by atoms with Crippen LogP contribution in [0.4, 0.5) is 5.69 Å². The van der Waals surface area contributed by atoms with Crippen LogP contribution in [0.25, 0.3) is 10.9 Å². The fourth-order valence-corrected chi connectivity index (χ4v) is 4.93. The van der Waals surface area contributed by atoms with Crippen LogP contribution < -0.4 is 10.1 Å². The van der Waals surface area contributed by atoms with Gasteiger partial charge in [-0.05, 0) is 38.3 Å². The highest BCUT2D eigenvalue weighted by molar-refractivity contribution is 8.14. The molecule has 1 saturated carbocycles. The normalized spacial score (nSPS) is 20.7. The average Bonchev–Trinajstić information content (AvgIpc) is 3.35. The Morgan fingerprint density at radius 1 is 1.31 bits per heavy atom. The van der Waals surface area contributed by atoms with E-state index in [4.69, 9.17) is 14.8 Å². The summed E-state index contributed by atoms with van der Waals surface area (Å²) in [5, 5.41) is 15.1. The number of nitrogens with one attached hydrogen (secondary N) is 2. The van der Waals surface area contributed by atoms with Gasteiger partial charge >= 0.3 is 0 Å². The van der Waals surface area contributed by atoms with Crippen molar-refractivity contribution in [1.82, 2.24) is 4.98 Å². The third-order valence-electron chi connectivity index (χ3n) is 5.13. The van der Waals surface area contributed by atoms with Crippen molar-refractivity contribution in [2.24, 2.45) is 4.99 Å². The molecule has 3 N–H and O–H groups in total. The average molecular weight is 374 g/mol. The number of ether oxygens (including phenoxy) is 1.